The number of rotatable bonds is 4. The minimum absolute atomic E-state index is 0.567. The first kappa shape index (κ1) is 13.1. The van der Waals surface area contributed by atoms with Crippen LogP contribution in [-0.4, -0.2) is 20.4 Å². The van der Waals surface area contributed by atoms with Gasteiger partial charge in [-0.1, -0.05) is 29.8 Å². The number of aromatic nitrogens is 3. The van der Waals surface area contributed by atoms with E-state index in [1.54, 1.807) is 6.20 Å². The Labute approximate surface area is 123 Å². The molecule has 0 N–H and O–H groups in total. The zero-order chi connectivity index (χ0) is 13.9. The predicted molar refractivity (Wildman–Crippen MR) is 82.2 cm³/mol. The molecular formula is C16H16ClN3. The second-order valence-corrected chi connectivity index (χ2v) is 5.26. The molecule has 20 heavy (non-hydrogen) atoms. The van der Waals surface area contributed by atoms with E-state index < -0.39 is 0 Å². The highest BCUT2D eigenvalue weighted by Gasteiger charge is 2.11. The van der Waals surface area contributed by atoms with E-state index in [9.17, 15) is 0 Å². The van der Waals surface area contributed by atoms with Crippen LogP contribution >= 0.6 is 11.6 Å². The van der Waals surface area contributed by atoms with E-state index in [0.29, 0.717) is 5.88 Å². The quantitative estimate of drug-likeness (QED) is 0.686. The third kappa shape index (κ3) is 2.54. The molecule has 0 bridgehead atoms. The first-order valence-electron chi connectivity index (χ1n) is 6.69. The van der Waals surface area contributed by atoms with Crippen molar-refractivity contribution in [1.82, 2.24) is 14.5 Å². The average molecular weight is 286 g/mol. The second kappa shape index (κ2) is 5.63. The van der Waals surface area contributed by atoms with E-state index in [1.807, 2.05) is 12.1 Å². The minimum atomic E-state index is 0.567. The summed E-state index contributed by atoms with van der Waals surface area (Å²) in [6, 6.07) is 12.5. The number of aryl methyl sites for hydroxylation is 2. The largest absolute Gasteiger partial charge is 0.308 e. The summed E-state index contributed by atoms with van der Waals surface area (Å²) in [6.45, 7) is 2.87. The van der Waals surface area contributed by atoms with Crippen LogP contribution in [-0.2, 0) is 13.0 Å². The maximum atomic E-state index is 5.89. The van der Waals surface area contributed by atoms with Crippen molar-refractivity contribution in [2.45, 2.75) is 19.9 Å². The standard InChI is InChI=1S/C16H16ClN3/c1-12-4-6-13(7-5-12)11-20-15(8-9-17)19-14-3-2-10-18-16(14)20/h2-7,10H,8-9,11H2,1H3. The van der Waals surface area contributed by atoms with Crippen molar-refractivity contribution in [2.75, 3.05) is 5.88 Å². The topological polar surface area (TPSA) is 30.7 Å². The molecule has 3 nitrogen and oxygen atoms in total. The van der Waals surface area contributed by atoms with E-state index in [0.717, 1.165) is 30.0 Å². The van der Waals surface area contributed by atoms with Crippen molar-refractivity contribution in [3.8, 4) is 0 Å². The number of benzene rings is 1. The number of pyridine rings is 1. The smallest absolute Gasteiger partial charge is 0.160 e. The molecule has 0 aliphatic carbocycles. The van der Waals surface area contributed by atoms with E-state index >= 15 is 0 Å². The van der Waals surface area contributed by atoms with Crippen LogP contribution in [0.1, 0.15) is 17.0 Å². The van der Waals surface area contributed by atoms with E-state index in [-0.39, 0.29) is 0 Å². The Morgan fingerprint density at radius 2 is 1.95 bits per heavy atom. The van der Waals surface area contributed by atoms with Gasteiger partial charge in [-0.25, -0.2) is 9.97 Å². The van der Waals surface area contributed by atoms with E-state index in [2.05, 4.69) is 45.7 Å². The molecule has 3 aromatic rings. The van der Waals surface area contributed by atoms with Crippen molar-refractivity contribution in [3.63, 3.8) is 0 Å². The fourth-order valence-corrected chi connectivity index (χ4v) is 2.49. The second-order valence-electron chi connectivity index (χ2n) is 4.88. The lowest BCUT2D eigenvalue weighted by Gasteiger charge is -2.08. The molecule has 0 aliphatic heterocycles. The van der Waals surface area contributed by atoms with Gasteiger partial charge < -0.3 is 4.57 Å². The first-order valence-corrected chi connectivity index (χ1v) is 7.23. The van der Waals surface area contributed by atoms with Gasteiger partial charge in [-0.15, -0.1) is 11.6 Å². The van der Waals surface area contributed by atoms with Gasteiger partial charge >= 0.3 is 0 Å². The Morgan fingerprint density at radius 1 is 1.15 bits per heavy atom. The zero-order valence-electron chi connectivity index (χ0n) is 11.4. The van der Waals surface area contributed by atoms with Gasteiger partial charge in [-0.3, -0.25) is 0 Å². The summed E-state index contributed by atoms with van der Waals surface area (Å²) in [5, 5.41) is 0. The predicted octanol–water partition coefficient (Wildman–Crippen LogP) is 3.57. The lowest BCUT2D eigenvalue weighted by molar-refractivity contribution is 0.747. The van der Waals surface area contributed by atoms with Gasteiger partial charge in [0.1, 0.15) is 11.3 Å². The van der Waals surface area contributed by atoms with Gasteiger partial charge in [-0.05, 0) is 24.6 Å². The van der Waals surface area contributed by atoms with Crippen LogP contribution in [0.5, 0.6) is 0 Å². The molecule has 4 heteroatoms. The van der Waals surface area contributed by atoms with Crippen LogP contribution < -0.4 is 0 Å². The zero-order valence-corrected chi connectivity index (χ0v) is 12.1. The number of hydrogen-bond acceptors (Lipinski definition) is 2. The normalized spacial score (nSPS) is 11.1. The van der Waals surface area contributed by atoms with Gasteiger partial charge in [0.15, 0.2) is 5.65 Å². The molecule has 2 aromatic heterocycles. The molecule has 102 valence electrons. The Kier molecular flexibility index (Phi) is 3.70. The summed E-state index contributed by atoms with van der Waals surface area (Å²) in [7, 11) is 0. The maximum Gasteiger partial charge on any atom is 0.160 e. The molecule has 0 fully saturated rings. The number of hydrogen-bond donors (Lipinski definition) is 0. The van der Waals surface area contributed by atoms with Gasteiger partial charge in [0.2, 0.25) is 0 Å². The molecule has 0 saturated carbocycles. The molecule has 2 heterocycles. The summed E-state index contributed by atoms with van der Waals surface area (Å²) < 4.78 is 2.16. The molecule has 0 saturated heterocycles. The van der Waals surface area contributed by atoms with Crippen molar-refractivity contribution >= 4 is 22.8 Å². The van der Waals surface area contributed by atoms with Crippen molar-refractivity contribution in [2.24, 2.45) is 0 Å². The Balaban J connectivity index is 2.04. The minimum Gasteiger partial charge on any atom is -0.308 e. The fraction of sp³-hybridized carbons (Fsp3) is 0.250. The van der Waals surface area contributed by atoms with Crippen LogP contribution in [0.25, 0.3) is 11.2 Å². The Bertz CT molecular complexity index is 716. The summed E-state index contributed by atoms with van der Waals surface area (Å²) >= 11 is 5.89. The van der Waals surface area contributed by atoms with Gasteiger partial charge in [0, 0.05) is 18.5 Å². The Morgan fingerprint density at radius 3 is 2.70 bits per heavy atom. The van der Waals surface area contributed by atoms with Crippen LogP contribution in [0, 0.1) is 6.92 Å². The number of nitrogens with zero attached hydrogens (tertiary/aromatic N) is 3. The van der Waals surface area contributed by atoms with Crippen molar-refractivity contribution < 1.29 is 0 Å². The first-order chi connectivity index (χ1) is 9.78. The van der Waals surface area contributed by atoms with Crippen LogP contribution in [0.4, 0.5) is 0 Å². The molecular weight excluding hydrogens is 270 g/mol. The lowest BCUT2D eigenvalue weighted by atomic mass is 10.1. The molecule has 0 spiro atoms. The van der Waals surface area contributed by atoms with Gasteiger partial charge in [0.05, 0.1) is 6.54 Å². The third-order valence-electron chi connectivity index (χ3n) is 3.36. The highest BCUT2D eigenvalue weighted by atomic mass is 35.5. The summed E-state index contributed by atoms with van der Waals surface area (Å²) in [5.74, 6) is 1.56. The Hall–Kier alpha value is -1.87. The van der Waals surface area contributed by atoms with Crippen LogP contribution in [0.3, 0.4) is 0 Å². The molecule has 0 aliphatic rings. The van der Waals surface area contributed by atoms with Gasteiger partial charge in [-0.2, -0.15) is 0 Å². The summed E-state index contributed by atoms with van der Waals surface area (Å²) in [4.78, 5) is 9.09. The van der Waals surface area contributed by atoms with Crippen molar-refractivity contribution in [3.05, 3.63) is 59.5 Å². The van der Waals surface area contributed by atoms with E-state index in [1.165, 1.54) is 11.1 Å². The molecule has 3 rings (SSSR count). The molecule has 0 amide bonds. The number of halogens is 1. The van der Waals surface area contributed by atoms with Crippen LogP contribution in [0.15, 0.2) is 42.6 Å². The number of imidazole rings is 1. The van der Waals surface area contributed by atoms with Crippen LogP contribution in [0.2, 0.25) is 0 Å². The van der Waals surface area contributed by atoms with Crippen molar-refractivity contribution in [1.29, 1.82) is 0 Å². The summed E-state index contributed by atoms with van der Waals surface area (Å²) in [5.41, 5.74) is 4.37. The monoisotopic (exact) mass is 285 g/mol. The highest BCUT2D eigenvalue weighted by molar-refractivity contribution is 6.17. The SMILES string of the molecule is Cc1ccc(Cn2c(CCCl)nc3cccnc32)cc1. The molecule has 0 radical (unpaired) electrons. The third-order valence-corrected chi connectivity index (χ3v) is 3.55. The molecule has 0 unspecified atom stereocenters. The maximum absolute atomic E-state index is 5.89. The molecule has 0 atom stereocenters. The highest BCUT2D eigenvalue weighted by Crippen LogP contribution is 2.17. The summed E-state index contributed by atoms with van der Waals surface area (Å²) in [6.07, 6.45) is 2.56. The molecule has 1 aromatic carbocycles. The number of alkyl halides is 1. The lowest BCUT2D eigenvalue weighted by Crippen LogP contribution is -2.06. The van der Waals surface area contributed by atoms with E-state index in [4.69, 9.17) is 11.6 Å². The number of fused-ring (bicyclic) bond motifs is 1. The average Bonchev–Trinajstić information content (AvgIpc) is 2.80. The fourth-order valence-electron chi connectivity index (χ4n) is 2.32. The van der Waals surface area contributed by atoms with Gasteiger partial charge in [0.25, 0.3) is 0 Å².